The Labute approximate surface area is 185 Å². The van der Waals surface area contributed by atoms with Gasteiger partial charge in [-0.1, -0.05) is 57.5 Å². The lowest BCUT2D eigenvalue weighted by molar-refractivity contribution is 0.317. The van der Waals surface area contributed by atoms with Crippen molar-refractivity contribution in [1.29, 1.82) is 0 Å². The zero-order valence-corrected chi connectivity index (χ0v) is 18.5. The van der Waals surface area contributed by atoms with E-state index >= 15 is 0 Å². The van der Waals surface area contributed by atoms with E-state index < -0.39 is 0 Å². The highest BCUT2D eigenvalue weighted by molar-refractivity contribution is 9.10. The number of aromatic nitrogens is 1. The first-order valence-corrected chi connectivity index (χ1v) is 11.1. The van der Waals surface area contributed by atoms with E-state index in [1.807, 2.05) is 30.5 Å². The summed E-state index contributed by atoms with van der Waals surface area (Å²) < 4.78 is 2.78. The first-order valence-electron chi connectivity index (χ1n) is 10.3. The smallest absolute Gasteiger partial charge is 0.250 e. The lowest BCUT2D eigenvalue weighted by atomic mass is 9.83. The molecule has 5 heteroatoms. The summed E-state index contributed by atoms with van der Waals surface area (Å²) in [6, 6.07) is 19.9. The first kappa shape index (κ1) is 20.6. The molecule has 0 bridgehead atoms. The summed E-state index contributed by atoms with van der Waals surface area (Å²) in [4.78, 5) is 12.2. The van der Waals surface area contributed by atoms with Gasteiger partial charge in [0.2, 0.25) is 0 Å². The van der Waals surface area contributed by atoms with Gasteiger partial charge >= 0.3 is 0 Å². The number of hydrogen-bond donors (Lipinski definition) is 1. The molecule has 1 unspecified atom stereocenters. The minimum atomic E-state index is -0.00805. The van der Waals surface area contributed by atoms with Crippen LogP contribution in [0.1, 0.15) is 47.4 Å². The Bertz CT molecular complexity index is 1110. The van der Waals surface area contributed by atoms with Crippen LogP contribution in [-0.4, -0.2) is 15.5 Å². The van der Waals surface area contributed by atoms with E-state index in [0.29, 0.717) is 18.1 Å². The molecule has 4 nitrogen and oxygen atoms in total. The molecule has 3 aromatic rings. The average Bonchev–Trinajstić information content (AvgIpc) is 3.57. The number of aryl methyl sites for hydroxylation is 1. The van der Waals surface area contributed by atoms with Crippen molar-refractivity contribution in [1.82, 2.24) is 4.57 Å². The van der Waals surface area contributed by atoms with Gasteiger partial charge in [-0.2, -0.15) is 0 Å². The predicted octanol–water partition coefficient (Wildman–Crippen LogP) is 5.73. The SMILES string of the molecule is Cc1ccccc1C(CC(=NO)c1ccc(=O)n(CC2CC2)c1)c1ccc(Br)cc1. The van der Waals surface area contributed by atoms with Crippen molar-refractivity contribution in [2.45, 2.75) is 38.6 Å². The Morgan fingerprint density at radius 3 is 2.53 bits per heavy atom. The lowest BCUT2D eigenvalue weighted by Gasteiger charge is -2.21. The second-order valence-corrected chi connectivity index (χ2v) is 8.98. The number of benzene rings is 2. The van der Waals surface area contributed by atoms with Crippen molar-refractivity contribution in [3.63, 3.8) is 0 Å². The largest absolute Gasteiger partial charge is 0.411 e. The van der Waals surface area contributed by atoms with Crippen LogP contribution < -0.4 is 5.56 Å². The maximum atomic E-state index is 12.2. The molecular weight excluding hydrogens is 440 g/mol. The molecule has 1 heterocycles. The second-order valence-electron chi connectivity index (χ2n) is 8.06. The fourth-order valence-corrected chi connectivity index (χ4v) is 4.18. The van der Waals surface area contributed by atoms with E-state index in [4.69, 9.17) is 0 Å². The molecule has 1 saturated carbocycles. The minimum absolute atomic E-state index is 0.00805. The standard InChI is InChI=1S/C25H25BrN2O2/c1-17-4-2-3-5-22(17)23(19-8-11-21(26)12-9-19)14-24(27-30)20-10-13-25(29)28(16-20)15-18-6-7-18/h2-5,8-13,16,18,23,30H,6-7,14-15H2,1H3. The lowest BCUT2D eigenvalue weighted by Crippen LogP contribution is -2.22. The molecule has 2 aromatic carbocycles. The van der Waals surface area contributed by atoms with Gasteiger partial charge in [-0.15, -0.1) is 0 Å². The Hall–Kier alpha value is -2.66. The van der Waals surface area contributed by atoms with E-state index in [0.717, 1.165) is 22.1 Å². The van der Waals surface area contributed by atoms with Gasteiger partial charge in [-0.3, -0.25) is 4.79 Å². The van der Waals surface area contributed by atoms with Crippen LogP contribution in [-0.2, 0) is 6.54 Å². The maximum Gasteiger partial charge on any atom is 0.250 e. The molecule has 4 rings (SSSR count). The predicted molar refractivity (Wildman–Crippen MR) is 124 cm³/mol. The van der Waals surface area contributed by atoms with Crippen LogP contribution in [0.4, 0.5) is 0 Å². The van der Waals surface area contributed by atoms with Gasteiger partial charge in [0.15, 0.2) is 0 Å². The van der Waals surface area contributed by atoms with E-state index in [2.05, 4.69) is 52.3 Å². The molecule has 1 aliphatic carbocycles. The highest BCUT2D eigenvalue weighted by Crippen LogP contribution is 2.33. The van der Waals surface area contributed by atoms with Gasteiger partial charge in [0.25, 0.3) is 5.56 Å². The molecule has 0 radical (unpaired) electrons. The van der Waals surface area contributed by atoms with Crippen LogP contribution in [0.15, 0.2) is 81.3 Å². The van der Waals surface area contributed by atoms with Crippen molar-refractivity contribution in [2.24, 2.45) is 11.1 Å². The van der Waals surface area contributed by atoms with Gasteiger partial charge in [0, 0.05) is 41.2 Å². The monoisotopic (exact) mass is 464 g/mol. The molecule has 1 N–H and O–H groups in total. The third kappa shape index (κ3) is 4.73. The number of halogens is 1. The minimum Gasteiger partial charge on any atom is -0.411 e. The molecule has 1 aliphatic rings. The molecule has 0 amide bonds. The fourth-order valence-electron chi connectivity index (χ4n) is 3.91. The zero-order chi connectivity index (χ0) is 21.1. The summed E-state index contributed by atoms with van der Waals surface area (Å²) >= 11 is 3.51. The van der Waals surface area contributed by atoms with Gasteiger partial charge < -0.3 is 9.77 Å². The summed E-state index contributed by atoms with van der Waals surface area (Å²) in [5.41, 5.74) is 4.91. The highest BCUT2D eigenvalue weighted by atomic mass is 79.9. The van der Waals surface area contributed by atoms with Crippen molar-refractivity contribution in [3.8, 4) is 0 Å². The van der Waals surface area contributed by atoms with Gasteiger partial charge in [0.05, 0.1) is 5.71 Å². The van der Waals surface area contributed by atoms with Crippen LogP contribution in [0.5, 0.6) is 0 Å². The molecular formula is C25H25BrN2O2. The molecule has 1 aromatic heterocycles. The molecule has 30 heavy (non-hydrogen) atoms. The number of nitrogens with zero attached hydrogens (tertiary/aromatic N) is 2. The fraction of sp³-hybridized carbons (Fsp3) is 0.280. The van der Waals surface area contributed by atoms with Gasteiger partial charge in [0.1, 0.15) is 0 Å². The van der Waals surface area contributed by atoms with E-state index in [9.17, 15) is 10.0 Å². The summed E-state index contributed by atoms with van der Waals surface area (Å²) in [7, 11) is 0. The Kier molecular flexibility index (Phi) is 6.18. The molecule has 1 fully saturated rings. The Balaban J connectivity index is 1.70. The molecule has 1 atom stereocenters. The first-order chi connectivity index (χ1) is 14.5. The summed E-state index contributed by atoms with van der Waals surface area (Å²) in [6.45, 7) is 2.84. The van der Waals surface area contributed by atoms with E-state index in [-0.39, 0.29) is 11.5 Å². The molecule has 0 saturated heterocycles. The van der Waals surface area contributed by atoms with Crippen LogP contribution >= 0.6 is 15.9 Å². The topological polar surface area (TPSA) is 54.6 Å². The van der Waals surface area contributed by atoms with Crippen LogP contribution in [0.3, 0.4) is 0 Å². The highest BCUT2D eigenvalue weighted by Gasteiger charge is 2.23. The molecule has 154 valence electrons. The Morgan fingerprint density at radius 2 is 1.87 bits per heavy atom. The van der Waals surface area contributed by atoms with Crippen LogP contribution in [0, 0.1) is 12.8 Å². The third-order valence-corrected chi connectivity index (χ3v) is 6.35. The maximum absolute atomic E-state index is 12.2. The van der Waals surface area contributed by atoms with Gasteiger partial charge in [-0.25, -0.2) is 0 Å². The van der Waals surface area contributed by atoms with Crippen molar-refractivity contribution < 1.29 is 5.21 Å². The Morgan fingerprint density at radius 1 is 1.13 bits per heavy atom. The quantitative estimate of drug-likeness (QED) is 0.275. The molecule has 0 spiro atoms. The number of hydrogen-bond acceptors (Lipinski definition) is 3. The number of rotatable bonds is 7. The number of oxime groups is 1. The summed E-state index contributed by atoms with van der Waals surface area (Å²) in [5, 5.41) is 13.5. The van der Waals surface area contributed by atoms with Gasteiger partial charge in [-0.05, 0) is 60.6 Å². The average molecular weight is 465 g/mol. The zero-order valence-electron chi connectivity index (χ0n) is 17.0. The van der Waals surface area contributed by atoms with Crippen molar-refractivity contribution in [3.05, 3.63) is 104 Å². The van der Waals surface area contributed by atoms with E-state index in [1.165, 1.54) is 24.0 Å². The number of pyridine rings is 1. The molecule has 0 aliphatic heterocycles. The van der Waals surface area contributed by atoms with Crippen LogP contribution in [0.2, 0.25) is 0 Å². The second kappa shape index (κ2) is 9.00. The summed E-state index contributed by atoms with van der Waals surface area (Å²) in [6.07, 6.45) is 4.73. The normalized spacial score (nSPS) is 15.2. The summed E-state index contributed by atoms with van der Waals surface area (Å²) in [5.74, 6) is 0.629. The van der Waals surface area contributed by atoms with E-state index in [1.54, 1.807) is 16.7 Å². The third-order valence-electron chi connectivity index (χ3n) is 5.82. The van der Waals surface area contributed by atoms with Crippen molar-refractivity contribution in [2.75, 3.05) is 0 Å². The van der Waals surface area contributed by atoms with Crippen LogP contribution in [0.25, 0.3) is 0 Å². The van der Waals surface area contributed by atoms with Crippen molar-refractivity contribution >= 4 is 21.6 Å².